The Morgan fingerprint density at radius 3 is 1.81 bits per heavy atom. The number of furan rings is 2. The minimum absolute atomic E-state index is 0.513. The van der Waals surface area contributed by atoms with Crippen LogP contribution in [0.2, 0.25) is 0 Å². The number of benzene rings is 8. The molecule has 0 bridgehead atoms. The molecule has 8 aromatic carbocycles. The Hall–Kier alpha value is -7.24. The fourth-order valence-corrected chi connectivity index (χ4v) is 8.05. The van der Waals surface area contributed by atoms with E-state index in [1.807, 2.05) is 48.5 Å². The molecule has 254 valence electrons. The molecule has 0 radical (unpaired) electrons. The number of hydrogen-bond donors (Lipinski definition) is 1. The van der Waals surface area contributed by atoms with Crippen molar-refractivity contribution in [2.24, 2.45) is 9.98 Å². The number of para-hydroxylation sites is 2. The van der Waals surface area contributed by atoms with E-state index in [0.29, 0.717) is 0 Å². The lowest BCUT2D eigenvalue weighted by molar-refractivity contribution is 0.668. The van der Waals surface area contributed by atoms with E-state index in [1.165, 1.54) is 5.56 Å². The van der Waals surface area contributed by atoms with Crippen LogP contribution in [0.15, 0.2) is 195 Å². The van der Waals surface area contributed by atoms with Crippen LogP contribution in [0.4, 0.5) is 0 Å². The number of aliphatic imine (C=N–C) groups is 2. The molecule has 11 rings (SSSR count). The largest absolute Gasteiger partial charge is 0.456 e. The van der Waals surface area contributed by atoms with Crippen LogP contribution >= 0.6 is 0 Å². The number of nitrogens with one attached hydrogen (secondary N) is 1. The highest BCUT2D eigenvalue weighted by molar-refractivity contribution is 6.24. The Labute approximate surface area is 310 Å². The van der Waals surface area contributed by atoms with Crippen molar-refractivity contribution < 1.29 is 8.83 Å². The van der Waals surface area contributed by atoms with Gasteiger partial charge in [0.2, 0.25) is 0 Å². The second-order valence-electron chi connectivity index (χ2n) is 13.7. The van der Waals surface area contributed by atoms with Crippen LogP contribution in [0.5, 0.6) is 0 Å². The summed E-state index contributed by atoms with van der Waals surface area (Å²) < 4.78 is 13.3. The van der Waals surface area contributed by atoms with E-state index >= 15 is 0 Å². The van der Waals surface area contributed by atoms with E-state index in [9.17, 15) is 0 Å². The molecule has 5 heteroatoms. The summed E-state index contributed by atoms with van der Waals surface area (Å²) in [4.78, 5) is 10.5. The molecule has 0 fully saturated rings. The van der Waals surface area contributed by atoms with Crippen molar-refractivity contribution in [3.05, 3.63) is 193 Å². The second kappa shape index (κ2) is 12.2. The van der Waals surface area contributed by atoms with E-state index in [1.54, 1.807) is 0 Å². The number of hydrogen-bond acceptors (Lipinski definition) is 5. The summed E-state index contributed by atoms with van der Waals surface area (Å²) in [6.07, 6.45) is -0.513. The zero-order chi connectivity index (χ0) is 35.6. The molecule has 1 atom stereocenters. The van der Waals surface area contributed by atoms with E-state index in [2.05, 4.69) is 133 Å². The average Bonchev–Trinajstić information content (AvgIpc) is 3.82. The first-order valence-electron chi connectivity index (χ1n) is 18.2. The lowest BCUT2D eigenvalue weighted by atomic mass is 9.92. The van der Waals surface area contributed by atoms with E-state index in [-0.39, 0.29) is 0 Å². The minimum Gasteiger partial charge on any atom is -0.456 e. The third kappa shape index (κ3) is 4.86. The number of fused-ring (bicyclic) bond motifs is 7. The van der Waals surface area contributed by atoms with Crippen molar-refractivity contribution in [3.8, 4) is 22.3 Å². The summed E-state index contributed by atoms with van der Waals surface area (Å²) in [5.74, 6) is 1.54. The fourth-order valence-electron chi connectivity index (χ4n) is 8.05. The van der Waals surface area contributed by atoms with Gasteiger partial charge in [0.15, 0.2) is 6.17 Å². The molecule has 0 amide bonds. The number of amidine groups is 2. The monoisotopic (exact) mass is 693 g/mol. The second-order valence-corrected chi connectivity index (χ2v) is 13.7. The summed E-state index contributed by atoms with van der Waals surface area (Å²) in [6.45, 7) is 0. The van der Waals surface area contributed by atoms with Crippen molar-refractivity contribution in [2.45, 2.75) is 6.17 Å². The Morgan fingerprint density at radius 2 is 1.02 bits per heavy atom. The molecule has 54 heavy (non-hydrogen) atoms. The molecule has 2 aromatic heterocycles. The quantitative estimate of drug-likeness (QED) is 0.195. The first-order chi connectivity index (χ1) is 26.8. The Balaban J connectivity index is 1.11. The van der Waals surface area contributed by atoms with E-state index < -0.39 is 6.17 Å². The van der Waals surface area contributed by atoms with E-state index in [0.717, 1.165) is 99.7 Å². The van der Waals surface area contributed by atoms with Crippen LogP contribution in [-0.2, 0) is 0 Å². The Morgan fingerprint density at radius 1 is 0.426 bits per heavy atom. The van der Waals surface area contributed by atoms with Gasteiger partial charge < -0.3 is 14.2 Å². The van der Waals surface area contributed by atoms with Crippen LogP contribution in [-0.4, -0.2) is 11.7 Å². The maximum atomic E-state index is 6.89. The first kappa shape index (κ1) is 30.4. The molecule has 0 spiro atoms. The molecule has 5 nitrogen and oxygen atoms in total. The minimum atomic E-state index is -0.513. The molecular formula is C49H31N3O2. The highest BCUT2D eigenvalue weighted by Crippen LogP contribution is 2.46. The first-order valence-corrected chi connectivity index (χ1v) is 18.2. The van der Waals surface area contributed by atoms with Crippen molar-refractivity contribution in [2.75, 3.05) is 0 Å². The van der Waals surface area contributed by atoms with Crippen LogP contribution in [0.1, 0.15) is 22.9 Å². The van der Waals surface area contributed by atoms with Gasteiger partial charge >= 0.3 is 0 Å². The fraction of sp³-hybridized carbons (Fsp3) is 0.0204. The topological polar surface area (TPSA) is 63.0 Å². The summed E-state index contributed by atoms with van der Waals surface area (Å²) in [5.41, 5.74) is 10.8. The highest BCUT2D eigenvalue weighted by Gasteiger charge is 2.26. The van der Waals surface area contributed by atoms with Crippen molar-refractivity contribution >= 4 is 66.3 Å². The van der Waals surface area contributed by atoms with Gasteiger partial charge in [0.25, 0.3) is 0 Å². The number of nitrogens with zero attached hydrogens (tertiary/aromatic N) is 2. The molecule has 1 aliphatic heterocycles. The summed E-state index contributed by atoms with van der Waals surface area (Å²) in [6, 6.07) is 60.8. The van der Waals surface area contributed by atoms with Gasteiger partial charge in [-0.2, -0.15) is 0 Å². The predicted molar refractivity (Wildman–Crippen MR) is 221 cm³/mol. The average molecular weight is 694 g/mol. The smallest absolute Gasteiger partial charge is 0.170 e. The van der Waals surface area contributed by atoms with Crippen LogP contribution in [0.25, 0.3) is 76.9 Å². The Bertz CT molecular complexity index is 3120. The van der Waals surface area contributed by atoms with Gasteiger partial charge in [-0.25, -0.2) is 9.98 Å². The van der Waals surface area contributed by atoms with Gasteiger partial charge in [0.1, 0.15) is 34.0 Å². The van der Waals surface area contributed by atoms with Crippen LogP contribution < -0.4 is 5.32 Å². The van der Waals surface area contributed by atoms with Crippen LogP contribution in [0, 0.1) is 0 Å². The number of rotatable bonds is 5. The zero-order valence-electron chi connectivity index (χ0n) is 29.0. The molecular weight excluding hydrogens is 663 g/mol. The molecule has 1 N–H and O–H groups in total. The zero-order valence-corrected chi connectivity index (χ0v) is 29.0. The molecule has 1 aliphatic rings. The predicted octanol–water partition coefficient (Wildman–Crippen LogP) is 12.5. The maximum absolute atomic E-state index is 6.89. The lowest BCUT2D eigenvalue weighted by Gasteiger charge is -2.23. The van der Waals surface area contributed by atoms with Crippen molar-refractivity contribution in [1.29, 1.82) is 0 Å². The molecule has 0 saturated carbocycles. The van der Waals surface area contributed by atoms with Crippen molar-refractivity contribution in [3.63, 3.8) is 0 Å². The molecule has 10 aromatic rings. The van der Waals surface area contributed by atoms with Gasteiger partial charge in [-0.15, -0.1) is 0 Å². The van der Waals surface area contributed by atoms with Gasteiger partial charge in [0.05, 0.1) is 0 Å². The summed E-state index contributed by atoms with van der Waals surface area (Å²) >= 11 is 0. The maximum Gasteiger partial charge on any atom is 0.170 e. The van der Waals surface area contributed by atoms with E-state index in [4.69, 9.17) is 18.8 Å². The van der Waals surface area contributed by atoms with Crippen LogP contribution in [0.3, 0.4) is 0 Å². The lowest BCUT2D eigenvalue weighted by Crippen LogP contribution is -2.36. The molecule has 0 aliphatic carbocycles. The highest BCUT2D eigenvalue weighted by atomic mass is 16.3. The summed E-state index contributed by atoms with van der Waals surface area (Å²) in [7, 11) is 0. The van der Waals surface area contributed by atoms with Gasteiger partial charge in [-0.1, -0.05) is 158 Å². The van der Waals surface area contributed by atoms with Gasteiger partial charge in [-0.05, 0) is 40.1 Å². The third-order valence-electron chi connectivity index (χ3n) is 10.5. The standard InChI is InChI=1S/C49H31N3O2/c1-3-13-30(14-4-1)31-25-27-33(28-26-31)48-50-47(32-15-5-2-6-16-32)51-49(52-48)39-22-12-24-41-43(39)37-20-11-21-38(46(37)54-41)44-35-18-8-7-17-34(35)29-42-45(44)36-19-9-10-23-40(36)53-42/h1-29,49H,(H,50,51,52). The molecule has 3 heterocycles. The normalized spacial score (nSPS) is 14.5. The molecule has 1 unspecified atom stereocenters. The van der Waals surface area contributed by atoms with Gasteiger partial charge in [0, 0.05) is 49.4 Å². The molecule has 0 saturated heterocycles. The summed E-state index contributed by atoms with van der Waals surface area (Å²) in [5, 5.41) is 10.0. The third-order valence-corrected chi connectivity index (χ3v) is 10.5. The van der Waals surface area contributed by atoms with Crippen molar-refractivity contribution in [1.82, 2.24) is 5.32 Å². The van der Waals surface area contributed by atoms with Gasteiger partial charge in [-0.3, -0.25) is 0 Å². The Kier molecular flexibility index (Phi) is 6.85. The SMILES string of the molecule is c1ccc(C2=NC(c3cccc4oc5c(-c6c7ccccc7cc7oc8ccccc8c67)cccc5c34)N=C(c3ccc(-c4ccccc4)cc3)N2)cc1.